The summed E-state index contributed by atoms with van der Waals surface area (Å²) in [5, 5.41) is 6.37. The molecular weight excluding hydrogens is 426 g/mol. The molecule has 6 heteroatoms. The zero-order valence-corrected chi connectivity index (χ0v) is 20.2. The van der Waals surface area contributed by atoms with Crippen LogP contribution in [0, 0.1) is 5.92 Å². The van der Waals surface area contributed by atoms with E-state index in [1.807, 2.05) is 48.5 Å². The van der Waals surface area contributed by atoms with Gasteiger partial charge in [0, 0.05) is 37.3 Å². The third-order valence-electron chi connectivity index (χ3n) is 7.18. The molecule has 4 rings (SSSR count). The molecule has 0 radical (unpaired) electrons. The van der Waals surface area contributed by atoms with Gasteiger partial charge in [-0.05, 0) is 55.9 Å². The number of nitrogens with one attached hydrogen (secondary N) is 2. The fourth-order valence-electron chi connectivity index (χ4n) is 5.21. The molecule has 2 aromatic carbocycles. The fourth-order valence-corrected chi connectivity index (χ4v) is 5.21. The molecule has 2 fully saturated rings. The summed E-state index contributed by atoms with van der Waals surface area (Å²) < 4.78 is 5.41. The highest BCUT2D eigenvalue weighted by atomic mass is 16.5. The van der Waals surface area contributed by atoms with Crippen molar-refractivity contribution in [1.29, 1.82) is 0 Å². The Morgan fingerprint density at radius 2 is 1.65 bits per heavy atom. The Balaban J connectivity index is 1.30. The standard InChI is InChI=1S/C28H37N3O3/c1-34-26-14-8-5-9-21(26)15-18-29-28(33)24-12-6-7-13-25(24)31-19-16-23(17-20-31)30-27(32)22-10-3-2-4-11-22/h5-9,12-14,22-23H,2-4,10-11,15-20H2,1H3,(H,29,33)(H,30,32). The molecule has 1 aliphatic carbocycles. The van der Waals surface area contributed by atoms with E-state index in [0.717, 1.165) is 55.8 Å². The van der Waals surface area contributed by atoms with Crippen molar-refractivity contribution in [3.05, 3.63) is 59.7 Å². The lowest BCUT2D eigenvalue weighted by Crippen LogP contribution is -2.47. The molecule has 6 nitrogen and oxygen atoms in total. The summed E-state index contributed by atoms with van der Waals surface area (Å²) >= 11 is 0. The van der Waals surface area contributed by atoms with Crippen LogP contribution in [0.15, 0.2) is 48.5 Å². The summed E-state index contributed by atoms with van der Waals surface area (Å²) in [5.74, 6) is 1.23. The van der Waals surface area contributed by atoms with E-state index in [-0.39, 0.29) is 23.8 Å². The van der Waals surface area contributed by atoms with Crippen molar-refractivity contribution < 1.29 is 14.3 Å². The van der Waals surface area contributed by atoms with Crippen LogP contribution in [0.25, 0.3) is 0 Å². The highest BCUT2D eigenvalue weighted by molar-refractivity contribution is 5.99. The number of carbonyl (C=O) groups is 2. The molecule has 1 heterocycles. The summed E-state index contributed by atoms with van der Waals surface area (Å²) in [5.41, 5.74) is 2.75. The smallest absolute Gasteiger partial charge is 0.253 e. The normalized spacial score (nSPS) is 17.3. The average Bonchev–Trinajstić information content (AvgIpc) is 2.90. The number of rotatable bonds is 8. The number of methoxy groups -OCH3 is 1. The van der Waals surface area contributed by atoms with Crippen molar-refractivity contribution in [2.75, 3.05) is 31.6 Å². The number of hydrogen-bond donors (Lipinski definition) is 2. The van der Waals surface area contributed by atoms with E-state index in [1.165, 1.54) is 19.3 Å². The van der Waals surface area contributed by atoms with E-state index in [0.29, 0.717) is 18.5 Å². The Bertz CT molecular complexity index is 963. The molecular formula is C28H37N3O3. The zero-order chi connectivity index (χ0) is 23.8. The third-order valence-corrected chi connectivity index (χ3v) is 7.18. The minimum atomic E-state index is -0.0572. The Morgan fingerprint density at radius 3 is 2.41 bits per heavy atom. The van der Waals surface area contributed by atoms with Gasteiger partial charge in [-0.25, -0.2) is 0 Å². The number of ether oxygens (including phenoxy) is 1. The molecule has 1 saturated carbocycles. The number of carbonyl (C=O) groups excluding carboxylic acids is 2. The van der Waals surface area contributed by atoms with Crippen molar-refractivity contribution in [3.63, 3.8) is 0 Å². The molecule has 0 bridgehead atoms. The Morgan fingerprint density at radius 1 is 0.941 bits per heavy atom. The van der Waals surface area contributed by atoms with Crippen molar-refractivity contribution in [1.82, 2.24) is 10.6 Å². The third kappa shape index (κ3) is 6.10. The van der Waals surface area contributed by atoms with Gasteiger partial charge in [-0.15, -0.1) is 0 Å². The number of nitrogens with zero attached hydrogens (tertiary/aromatic N) is 1. The summed E-state index contributed by atoms with van der Waals surface area (Å²) in [6, 6.07) is 15.9. The van der Waals surface area contributed by atoms with Crippen LogP contribution in [0.5, 0.6) is 5.75 Å². The number of amides is 2. The molecule has 2 N–H and O–H groups in total. The lowest BCUT2D eigenvalue weighted by Gasteiger charge is -2.35. The molecule has 0 unspecified atom stereocenters. The molecule has 0 atom stereocenters. The largest absolute Gasteiger partial charge is 0.496 e. The highest BCUT2D eigenvalue weighted by Crippen LogP contribution is 2.27. The second-order valence-corrected chi connectivity index (χ2v) is 9.44. The predicted octanol–water partition coefficient (Wildman–Crippen LogP) is 4.33. The summed E-state index contributed by atoms with van der Waals surface area (Å²) in [7, 11) is 1.66. The Labute approximate surface area is 203 Å². The molecule has 2 amide bonds. The molecule has 2 aliphatic rings. The van der Waals surface area contributed by atoms with E-state index >= 15 is 0 Å². The minimum absolute atomic E-state index is 0.0572. The van der Waals surface area contributed by atoms with Crippen LogP contribution < -0.4 is 20.3 Å². The van der Waals surface area contributed by atoms with Crippen LogP contribution >= 0.6 is 0 Å². The van der Waals surface area contributed by atoms with E-state index < -0.39 is 0 Å². The Kier molecular flexibility index (Phi) is 8.45. The molecule has 0 aromatic heterocycles. The number of piperidine rings is 1. The van der Waals surface area contributed by atoms with Crippen molar-refractivity contribution >= 4 is 17.5 Å². The van der Waals surface area contributed by atoms with Gasteiger partial charge < -0.3 is 20.3 Å². The van der Waals surface area contributed by atoms with Gasteiger partial charge in [-0.1, -0.05) is 49.6 Å². The van der Waals surface area contributed by atoms with Gasteiger partial charge in [0.05, 0.1) is 12.7 Å². The van der Waals surface area contributed by atoms with Gasteiger partial charge in [0.25, 0.3) is 5.91 Å². The van der Waals surface area contributed by atoms with Gasteiger partial charge in [0.2, 0.25) is 5.91 Å². The minimum Gasteiger partial charge on any atom is -0.496 e. The van der Waals surface area contributed by atoms with Gasteiger partial charge in [0.1, 0.15) is 5.75 Å². The molecule has 1 saturated heterocycles. The first kappa shape index (κ1) is 24.1. The van der Waals surface area contributed by atoms with Crippen molar-refractivity contribution in [2.45, 2.75) is 57.4 Å². The fraction of sp³-hybridized carbons (Fsp3) is 0.500. The average molecular weight is 464 g/mol. The second-order valence-electron chi connectivity index (χ2n) is 9.44. The van der Waals surface area contributed by atoms with E-state index in [2.05, 4.69) is 15.5 Å². The molecule has 182 valence electrons. The lowest BCUT2D eigenvalue weighted by atomic mass is 9.88. The van der Waals surface area contributed by atoms with Crippen LogP contribution in [0.3, 0.4) is 0 Å². The molecule has 0 spiro atoms. The number of para-hydroxylation sites is 2. The first-order valence-electron chi connectivity index (χ1n) is 12.7. The monoisotopic (exact) mass is 463 g/mol. The van der Waals surface area contributed by atoms with Gasteiger partial charge in [-0.3, -0.25) is 9.59 Å². The van der Waals surface area contributed by atoms with Gasteiger partial charge in [0.15, 0.2) is 0 Å². The van der Waals surface area contributed by atoms with Crippen LogP contribution in [0.2, 0.25) is 0 Å². The van der Waals surface area contributed by atoms with Crippen LogP contribution in [0.1, 0.15) is 60.9 Å². The van der Waals surface area contributed by atoms with E-state index in [1.54, 1.807) is 7.11 Å². The summed E-state index contributed by atoms with van der Waals surface area (Å²) in [6.45, 7) is 2.21. The number of anilines is 1. The molecule has 34 heavy (non-hydrogen) atoms. The van der Waals surface area contributed by atoms with Crippen molar-refractivity contribution in [3.8, 4) is 5.75 Å². The SMILES string of the molecule is COc1ccccc1CCNC(=O)c1ccccc1N1CCC(NC(=O)C2CCCCC2)CC1. The molecule has 1 aliphatic heterocycles. The maximum atomic E-state index is 13.0. The lowest BCUT2D eigenvalue weighted by molar-refractivity contribution is -0.126. The predicted molar refractivity (Wildman–Crippen MR) is 135 cm³/mol. The zero-order valence-electron chi connectivity index (χ0n) is 20.2. The van der Waals surface area contributed by atoms with Gasteiger partial charge in [-0.2, -0.15) is 0 Å². The van der Waals surface area contributed by atoms with Crippen molar-refractivity contribution in [2.24, 2.45) is 5.92 Å². The van der Waals surface area contributed by atoms with Crippen LogP contribution in [-0.2, 0) is 11.2 Å². The number of hydrogen-bond acceptors (Lipinski definition) is 4. The molecule has 2 aromatic rings. The van der Waals surface area contributed by atoms with Crippen LogP contribution in [-0.4, -0.2) is 44.6 Å². The first-order valence-corrected chi connectivity index (χ1v) is 12.7. The highest BCUT2D eigenvalue weighted by Gasteiger charge is 2.27. The quantitative estimate of drug-likeness (QED) is 0.611. The summed E-state index contributed by atoms with van der Waals surface area (Å²) in [4.78, 5) is 27.9. The van der Waals surface area contributed by atoms with E-state index in [4.69, 9.17) is 4.74 Å². The summed E-state index contributed by atoms with van der Waals surface area (Å²) in [6.07, 6.45) is 8.20. The van der Waals surface area contributed by atoms with Gasteiger partial charge >= 0.3 is 0 Å². The maximum Gasteiger partial charge on any atom is 0.253 e. The second kappa shape index (κ2) is 11.9. The number of benzene rings is 2. The van der Waals surface area contributed by atoms with E-state index in [9.17, 15) is 9.59 Å². The topological polar surface area (TPSA) is 70.7 Å². The maximum absolute atomic E-state index is 13.0. The Hall–Kier alpha value is -3.02. The van der Waals surface area contributed by atoms with Crippen LogP contribution in [0.4, 0.5) is 5.69 Å². The first-order chi connectivity index (χ1) is 16.7.